The van der Waals surface area contributed by atoms with Gasteiger partial charge in [0.1, 0.15) is 5.24 Å². The van der Waals surface area contributed by atoms with Gasteiger partial charge in [-0.2, -0.15) is 0 Å². The molecule has 0 heterocycles. The Balaban J connectivity index is -0.000000340. The van der Waals surface area contributed by atoms with Crippen LogP contribution in [0.25, 0.3) is 0 Å². The first kappa shape index (κ1) is 22.8. The summed E-state index contributed by atoms with van der Waals surface area (Å²) < 4.78 is 0. The van der Waals surface area contributed by atoms with Crippen LogP contribution in [0.1, 0.15) is 39.5 Å². The van der Waals surface area contributed by atoms with Crippen molar-refractivity contribution in [3.05, 3.63) is 0 Å². The monoisotopic (exact) mass is 304 g/mol. The summed E-state index contributed by atoms with van der Waals surface area (Å²) in [5.41, 5.74) is 4.29. The molecule has 4 nitrogen and oxygen atoms in total. The van der Waals surface area contributed by atoms with Gasteiger partial charge in [0.25, 0.3) is 0 Å². The smallest absolute Gasteiger partial charge is 0.719 e. The summed E-state index contributed by atoms with van der Waals surface area (Å²) in [4.78, 5) is 21.7. The van der Waals surface area contributed by atoms with Gasteiger partial charge >= 0.3 is 37.7 Å². The van der Waals surface area contributed by atoms with Crippen LogP contribution in [-0.4, -0.2) is 66.2 Å². The zero-order chi connectivity index (χ0) is 13.0. The Morgan fingerprint density at radius 2 is 1.35 bits per heavy atom. The minimum atomic E-state index is -0.750. The summed E-state index contributed by atoms with van der Waals surface area (Å²) in [7, 11) is 0. The van der Waals surface area contributed by atoms with E-state index in [9.17, 15) is 4.79 Å². The van der Waals surface area contributed by atoms with Crippen molar-refractivity contribution in [2.24, 2.45) is 5.73 Å². The standard InChI is InChI=1S/C9H19NOS.CH3NOS.Ca/c1-3-5-7-10(9(11)12)8-6-4-2;2-1(3)4;/h3-8H2,1-2H3,(H,11,12);(H3,2,3,4);/q;;+2/p-2. The summed E-state index contributed by atoms with van der Waals surface area (Å²) >= 11 is 8.37. The van der Waals surface area contributed by atoms with E-state index in [-0.39, 0.29) is 43.0 Å². The zero-order valence-electron chi connectivity index (χ0n) is 10.6. The van der Waals surface area contributed by atoms with Crippen molar-refractivity contribution in [1.29, 1.82) is 0 Å². The molecule has 96 valence electrons. The third kappa shape index (κ3) is 22.3. The third-order valence-corrected chi connectivity index (χ3v) is 2.08. The Bertz CT molecular complexity index is 195. The zero-order valence-corrected chi connectivity index (χ0v) is 14.4. The number of carbonyl (C=O) groups is 2. The van der Waals surface area contributed by atoms with Crippen LogP contribution in [-0.2, 0) is 25.3 Å². The second-order valence-corrected chi connectivity index (χ2v) is 4.03. The molecule has 0 saturated carbocycles. The fraction of sp³-hybridized carbons (Fsp3) is 0.800. The minimum Gasteiger partial charge on any atom is -0.719 e. The Kier molecular flexibility index (Phi) is 22.3. The predicted molar refractivity (Wildman–Crippen MR) is 76.9 cm³/mol. The van der Waals surface area contributed by atoms with Crippen LogP contribution in [0.3, 0.4) is 0 Å². The van der Waals surface area contributed by atoms with E-state index >= 15 is 0 Å². The topological polar surface area (TPSA) is 63.4 Å². The molecule has 2 N–H and O–H groups in total. The SMILES string of the molecule is CCCCN(CCCC)C(=O)[S-].NC(=O)[S-].[Ca+2]. The Morgan fingerprint density at radius 3 is 1.53 bits per heavy atom. The number of amides is 2. The molecule has 0 saturated heterocycles. The van der Waals surface area contributed by atoms with Gasteiger partial charge in [-0.1, -0.05) is 26.7 Å². The van der Waals surface area contributed by atoms with E-state index in [0.29, 0.717) is 0 Å². The fourth-order valence-corrected chi connectivity index (χ4v) is 1.17. The number of nitrogens with zero attached hydrogens (tertiary/aromatic N) is 1. The molecular formula is C10H20CaN2O2S2. The van der Waals surface area contributed by atoms with E-state index < -0.39 is 5.24 Å². The van der Waals surface area contributed by atoms with E-state index in [4.69, 9.17) is 4.79 Å². The Hall–Kier alpha value is 0.640. The molecule has 0 aliphatic heterocycles. The number of unbranched alkanes of at least 4 members (excludes halogenated alkanes) is 2. The fourth-order valence-electron chi connectivity index (χ4n) is 0.992. The van der Waals surface area contributed by atoms with Crippen molar-refractivity contribution in [1.82, 2.24) is 4.90 Å². The maximum absolute atomic E-state index is 10.9. The second kappa shape index (κ2) is 16.6. The molecule has 0 atom stereocenters. The molecule has 0 bridgehead atoms. The molecular weight excluding hydrogens is 284 g/mol. The van der Waals surface area contributed by atoms with Crippen molar-refractivity contribution in [3.8, 4) is 0 Å². The molecule has 0 aromatic carbocycles. The quantitative estimate of drug-likeness (QED) is 0.600. The molecule has 7 heteroatoms. The van der Waals surface area contributed by atoms with Crippen LogP contribution in [0.4, 0.5) is 9.59 Å². The first-order valence-electron chi connectivity index (χ1n) is 5.38. The minimum absolute atomic E-state index is 0. The van der Waals surface area contributed by atoms with Gasteiger partial charge < -0.3 is 45.5 Å². The molecule has 0 aromatic rings. The van der Waals surface area contributed by atoms with Gasteiger partial charge in [0, 0.05) is 13.1 Å². The Morgan fingerprint density at radius 1 is 1.06 bits per heavy atom. The summed E-state index contributed by atoms with van der Waals surface area (Å²) in [6, 6.07) is 0. The van der Waals surface area contributed by atoms with Crippen LogP contribution in [0.15, 0.2) is 0 Å². The number of carbonyl (C=O) groups excluding carboxylic acids is 2. The molecule has 0 aliphatic rings. The van der Waals surface area contributed by atoms with Gasteiger partial charge in [0.15, 0.2) is 0 Å². The first-order valence-corrected chi connectivity index (χ1v) is 6.19. The maximum Gasteiger partial charge on any atom is 2.00 e. The maximum atomic E-state index is 10.9. The van der Waals surface area contributed by atoms with E-state index in [1.54, 1.807) is 4.90 Å². The van der Waals surface area contributed by atoms with Crippen LogP contribution in [0.5, 0.6) is 0 Å². The molecule has 0 aliphatic carbocycles. The number of rotatable bonds is 6. The molecule has 0 aromatic heterocycles. The third-order valence-electron chi connectivity index (χ3n) is 1.82. The average molecular weight is 304 g/mol. The molecule has 0 fully saturated rings. The van der Waals surface area contributed by atoms with Gasteiger partial charge in [-0.3, -0.25) is 0 Å². The van der Waals surface area contributed by atoms with Gasteiger partial charge in [-0.05, 0) is 12.8 Å². The van der Waals surface area contributed by atoms with Crippen molar-refractivity contribution < 1.29 is 9.59 Å². The molecule has 0 spiro atoms. The number of hydrogen-bond acceptors (Lipinski definition) is 4. The second-order valence-electron chi connectivity index (χ2n) is 3.28. The molecule has 0 rings (SSSR count). The van der Waals surface area contributed by atoms with Crippen LogP contribution >= 0.6 is 0 Å². The number of nitrogens with two attached hydrogens (primary N) is 1. The van der Waals surface area contributed by atoms with Gasteiger partial charge in [0.2, 0.25) is 0 Å². The molecule has 0 unspecified atom stereocenters. The molecule has 2 amide bonds. The summed E-state index contributed by atoms with van der Waals surface area (Å²) in [6.07, 6.45) is 4.36. The normalized spacial score (nSPS) is 8.35. The first-order chi connectivity index (χ1) is 7.45. The van der Waals surface area contributed by atoms with Crippen LogP contribution < -0.4 is 5.73 Å². The van der Waals surface area contributed by atoms with Crippen LogP contribution in [0, 0.1) is 0 Å². The van der Waals surface area contributed by atoms with E-state index in [1.165, 1.54) is 0 Å². The van der Waals surface area contributed by atoms with Crippen molar-refractivity contribution in [2.45, 2.75) is 39.5 Å². The van der Waals surface area contributed by atoms with Crippen LogP contribution in [0.2, 0.25) is 0 Å². The number of hydrogen-bond donors (Lipinski definition) is 1. The Labute approximate surface area is 145 Å². The largest absolute Gasteiger partial charge is 2.00 e. The molecule has 0 radical (unpaired) electrons. The summed E-state index contributed by atoms with van der Waals surface area (Å²) in [5, 5.41) is -0.947. The van der Waals surface area contributed by atoms with E-state index in [1.807, 2.05) is 0 Å². The molecule has 17 heavy (non-hydrogen) atoms. The summed E-state index contributed by atoms with van der Waals surface area (Å²) in [6.45, 7) is 5.90. The van der Waals surface area contributed by atoms with Crippen molar-refractivity contribution >= 4 is 73.5 Å². The summed E-state index contributed by atoms with van der Waals surface area (Å²) in [5.74, 6) is 0. The van der Waals surface area contributed by atoms with E-state index in [2.05, 4.69) is 44.8 Å². The average Bonchev–Trinajstić information content (AvgIpc) is 2.16. The van der Waals surface area contributed by atoms with E-state index in [0.717, 1.165) is 38.8 Å². The van der Waals surface area contributed by atoms with Gasteiger partial charge in [-0.25, -0.2) is 0 Å². The van der Waals surface area contributed by atoms with Crippen molar-refractivity contribution in [3.63, 3.8) is 0 Å². The number of primary amides is 1. The van der Waals surface area contributed by atoms with Crippen molar-refractivity contribution in [2.75, 3.05) is 13.1 Å². The van der Waals surface area contributed by atoms with Gasteiger partial charge in [-0.15, -0.1) is 0 Å². The van der Waals surface area contributed by atoms with Gasteiger partial charge in [0.05, 0.1) is 5.24 Å². The predicted octanol–water partition coefficient (Wildman–Crippen LogP) is 1.79.